The fourth-order valence-electron chi connectivity index (χ4n) is 3.07. The van der Waals surface area contributed by atoms with Crippen LogP contribution in [-0.4, -0.2) is 43.0 Å². The van der Waals surface area contributed by atoms with E-state index >= 15 is 0 Å². The first-order valence-electron chi connectivity index (χ1n) is 8.06. The number of carboxylic acids is 1. The van der Waals surface area contributed by atoms with Gasteiger partial charge in [0.15, 0.2) is 0 Å². The lowest BCUT2D eigenvalue weighted by Crippen LogP contribution is -2.40. The van der Waals surface area contributed by atoms with E-state index in [-0.39, 0.29) is 22.2 Å². The van der Waals surface area contributed by atoms with E-state index in [0.29, 0.717) is 25.4 Å². The van der Waals surface area contributed by atoms with Gasteiger partial charge in [0.25, 0.3) is 0 Å². The average molecular weight is 374 g/mol. The van der Waals surface area contributed by atoms with E-state index in [4.69, 9.17) is 16.3 Å². The predicted octanol–water partition coefficient (Wildman–Crippen LogP) is 2.76. The van der Waals surface area contributed by atoms with Gasteiger partial charge in [0.1, 0.15) is 16.7 Å². The van der Waals surface area contributed by atoms with E-state index in [1.807, 2.05) is 0 Å². The van der Waals surface area contributed by atoms with Crippen LogP contribution in [0.3, 0.4) is 0 Å². The molecule has 1 N–H and O–H groups in total. The van der Waals surface area contributed by atoms with Crippen LogP contribution in [0.5, 0.6) is 5.75 Å². The molecule has 3 rings (SSSR count). The van der Waals surface area contributed by atoms with Crippen molar-refractivity contribution >= 4 is 27.6 Å². The maximum absolute atomic E-state index is 13.0. The third-order valence-electron chi connectivity index (χ3n) is 4.68. The quantitative estimate of drug-likeness (QED) is 0.828. The van der Waals surface area contributed by atoms with Crippen LogP contribution >= 0.6 is 11.6 Å². The Hall–Kier alpha value is -1.31. The number of carbonyl (C=O) groups is 1. The van der Waals surface area contributed by atoms with Crippen LogP contribution in [0.25, 0.3) is 0 Å². The molecule has 1 aliphatic carbocycles. The lowest BCUT2D eigenvalue weighted by atomic mass is 9.86. The summed E-state index contributed by atoms with van der Waals surface area (Å²) < 4.78 is 32.7. The first-order chi connectivity index (χ1) is 11.4. The number of hydrogen-bond donors (Lipinski definition) is 1. The second-order valence-corrected chi connectivity index (χ2v) is 8.61. The number of ether oxygens (including phenoxy) is 1. The highest BCUT2D eigenvalue weighted by molar-refractivity contribution is 7.89. The van der Waals surface area contributed by atoms with Crippen LogP contribution in [0.4, 0.5) is 0 Å². The highest BCUT2D eigenvalue weighted by Gasteiger charge is 2.40. The minimum atomic E-state index is -3.98. The molecule has 0 radical (unpaired) electrons. The molecular weight excluding hydrogens is 354 g/mol. The zero-order chi connectivity index (χ0) is 17.3. The van der Waals surface area contributed by atoms with Gasteiger partial charge in [-0.3, -0.25) is 4.79 Å². The Balaban J connectivity index is 1.90. The average Bonchev–Trinajstić information content (AvgIpc) is 2.97. The van der Waals surface area contributed by atoms with Gasteiger partial charge in [-0.1, -0.05) is 18.0 Å². The topological polar surface area (TPSA) is 83.9 Å². The normalized spacial score (nSPS) is 22.3. The number of aliphatic carboxylic acids is 1. The second-order valence-electron chi connectivity index (χ2n) is 6.31. The molecule has 1 atom stereocenters. The predicted molar refractivity (Wildman–Crippen MR) is 88.8 cm³/mol. The zero-order valence-corrected chi connectivity index (χ0v) is 14.7. The van der Waals surface area contributed by atoms with Crippen LogP contribution in [-0.2, 0) is 14.8 Å². The Morgan fingerprint density at radius 2 is 2.04 bits per heavy atom. The second kappa shape index (κ2) is 6.90. The van der Waals surface area contributed by atoms with Gasteiger partial charge in [0.2, 0.25) is 10.0 Å². The summed E-state index contributed by atoms with van der Waals surface area (Å²) in [6, 6.07) is 3.42. The smallest absolute Gasteiger partial charge is 0.322 e. The van der Waals surface area contributed by atoms with Gasteiger partial charge in [-0.2, -0.15) is 4.31 Å². The molecule has 0 amide bonds. The van der Waals surface area contributed by atoms with Crippen molar-refractivity contribution in [3.63, 3.8) is 0 Å². The molecule has 1 saturated heterocycles. The van der Waals surface area contributed by atoms with E-state index in [2.05, 4.69) is 0 Å². The van der Waals surface area contributed by atoms with E-state index in [0.717, 1.165) is 17.1 Å². The molecule has 1 aromatic rings. The molecule has 0 aromatic heterocycles. The maximum atomic E-state index is 13.0. The van der Waals surface area contributed by atoms with Crippen molar-refractivity contribution in [2.45, 2.75) is 43.0 Å². The van der Waals surface area contributed by atoms with Crippen molar-refractivity contribution in [1.82, 2.24) is 4.31 Å². The lowest BCUT2D eigenvalue weighted by Gasteiger charge is -2.26. The summed E-state index contributed by atoms with van der Waals surface area (Å²) in [5, 5.41) is 9.54. The van der Waals surface area contributed by atoms with Crippen molar-refractivity contribution < 1.29 is 23.1 Å². The highest BCUT2D eigenvalue weighted by atomic mass is 35.5. The zero-order valence-electron chi connectivity index (χ0n) is 13.2. The molecule has 24 heavy (non-hydrogen) atoms. The van der Waals surface area contributed by atoms with Crippen molar-refractivity contribution in [1.29, 1.82) is 0 Å². The monoisotopic (exact) mass is 373 g/mol. The number of halogens is 1. The van der Waals surface area contributed by atoms with E-state index < -0.39 is 22.0 Å². The van der Waals surface area contributed by atoms with E-state index in [9.17, 15) is 18.3 Å². The summed E-state index contributed by atoms with van der Waals surface area (Å²) in [5.41, 5.74) is 0. The summed E-state index contributed by atoms with van der Waals surface area (Å²) in [6.45, 7) is 0.653. The maximum Gasteiger partial charge on any atom is 0.322 e. The van der Waals surface area contributed by atoms with Gasteiger partial charge in [-0.15, -0.1) is 0 Å². The molecule has 132 valence electrons. The Kier molecular flexibility index (Phi) is 5.03. The summed E-state index contributed by atoms with van der Waals surface area (Å²) in [6.07, 6.45) is 4.18. The van der Waals surface area contributed by atoms with Gasteiger partial charge < -0.3 is 9.84 Å². The van der Waals surface area contributed by atoms with Crippen LogP contribution in [0, 0.1) is 5.92 Å². The summed E-state index contributed by atoms with van der Waals surface area (Å²) >= 11 is 5.97. The molecule has 1 aliphatic heterocycles. The number of hydrogen-bond acceptors (Lipinski definition) is 4. The number of nitrogens with zero attached hydrogens (tertiary/aromatic N) is 1. The minimum absolute atomic E-state index is 0.0533. The van der Waals surface area contributed by atoms with Crippen molar-refractivity contribution in [2.24, 2.45) is 5.92 Å². The first-order valence-corrected chi connectivity index (χ1v) is 9.88. The summed E-state index contributed by atoms with van der Waals surface area (Å²) in [4.78, 5) is 11.3. The van der Waals surface area contributed by atoms with Crippen LogP contribution in [0.2, 0.25) is 5.02 Å². The largest absolute Gasteiger partial charge is 0.492 e. The fourth-order valence-corrected chi connectivity index (χ4v) is 5.12. The third-order valence-corrected chi connectivity index (χ3v) is 6.84. The number of rotatable bonds is 6. The summed E-state index contributed by atoms with van der Waals surface area (Å²) in [5.74, 6) is -0.438. The Labute approximate surface area is 146 Å². The van der Waals surface area contributed by atoms with Crippen LogP contribution < -0.4 is 4.74 Å². The standard InChI is InChI=1S/C16H20ClNO5S/c17-12-6-7-14(23-10-11-3-1-4-11)15(9-12)24(21,22)18-8-2-5-13(18)16(19)20/h6-7,9,11,13H,1-5,8,10H2,(H,19,20)/t13-/m1/s1. The van der Waals surface area contributed by atoms with Gasteiger partial charge in [0, 0.05) is 11.6 Å². The SMILES string of the molecule is O=C(O)[C@H]1CCCN1S(=O)(=O)c1cc(Cl)ccc1OCC1CCC1. The van der Waals surface area contributed by atoms with E-state index in [1.54, 1.807) is 12.1 Å². The minimum Gasteiger partial charge on any atom is -0.492 e. The van der Waals surface area contributed by atoms with Crippen molar-refractivity contribution in [3.8, 4) is 5.75 Å². The van der Waals surface area contributed by atoms with Crippen molar-refractivity contribution in [2.75, 3.05) is 13.2 Å². The Morgan fingerprint density at radius 1 is 1.29 bits per heavy atom. The first kappa shape index (κ1) is 17.5. The molecule has 2 fully saturated rings. The molecular formula is C16H20ClNO5S. The van der Waals surface area contributed by atoms with Gasteiger partial charge in [0.05, 0.1) is 6.61 Å². The summed E-state index contributed by atoms with van der Waals surface area (Å²) in [7, 11) is -3.98. The molecule has 8 heteroatoms. The number of benzene rings is 1. The third kappa shape index (κ3) is 3.38. The van der Waals surface area contributed by atoms with Crippen molar-refractivity contribution in [3.05, 3.63) is 23.2 Å². The number of sulfonamides is 1. The van der Waals surface area contributed by atoms with Gasteiger partial charge in [-0.05, 0) is 49.8 Å². The molecule has 6 nitrogen and oxygen atoms in total. The molecule has 2 aliphatic rings. The molecule has 0 unspecified atom stereocenters. The molecule has 0 spiro atoms. The Morgan fingerprint density at radius 3 is 2.67 bits per heavy atom. The van der Waals surface area contributed by atoms with E-state index in [1.165, 1.54) is 12.5 Å². The van der Waals surface area contributed by atoms with Crippen LogP contribution in [0.1, 0.15) is 32.1 Å². The lowest BCUT2D eigenvalue weighted by molar-refractivity contribution is -0.140. The van der Waals surface area contributed by atoms with Crippen LogP contribution in [0.15, 0.2) is 23.1 Å². The fraction of sp³-hybridized carbons (Fsp3) is 0.562. The Bertz CT molecular complexity index is 732. The highest BCUT2D eigenvalue weighted by Crippen LogP contribution is 2.35. The van der Waals surface area contributed by atoms with Gasteiger partial charge >= 0.3 is 5.97 Å². The molecule has 1 saturated carbocycles. The molecule has 1 heterocycles. The van der Waals surface area contributed by atoms with Gasteiger partial charge in [-0.25, -0.2) is 8.42 Å². The molecule has 1 aromatic carbocycles. The molecule has 0 bridgehead atoms. The number of carboxylic acid groups (broad SMARTS) is 1.